The van der Waals surface area contributed by atoms with Gasteiger partial charge in [-0.1, -0.05) is 30.3 Å². The summed E-state index contributed by atoms with van der Waals surface area (Å²) in [6.07, 6.45) is -5.68. The highest BCUT2D eigenvalue weighted by molar-refractivity contribution is 5.99. The van der Waals surface area contributed by atoms with E-state index >= 15 is 0 Å². The maximum Gasteiger partial charge on any atom is 0.417 e. The summed E-state index contributed by atoms with van der Waals surface area (Å²) in [5.41, 5.74) is -0.524. The summed E-state index contributed by atoms with van der Waals surface area (Å²) in [4.78, 5) is 29.8. The number of rotatable bonds is 6. The van der Waals surface area contributed by atoms with E-state index in [9.17, 15) is 27.9 Å². The Morgan fingerprint density at radius 3 is 2.49 bits per heavy atom. The number of ether oxygens (including phenoxy) is 1. The van der Waals surface area contributed by atoms with Crippen LogP contribution >= 0.6 is 0 Å². The predicted octanol–water partition coefficient (Wildman–Crippen LogP) is 4.39. The van der Waals surface area contributed by atoms with Gasteiger partial charge in [-0.05, 0) is 47.9 Å². The number of carboxylic acid groups (broad SMARTS) is 1. The third-order valence-electron chi connectivity index (χ3n) is 5.70. The molecule has 3 aromatic rings. The number of alkyl halides is 3. The molecule has 1 aliphatic rings. The average molecular weight is 486 g/mol. The van der Waals surface area contributed by atoms with Crippen LogP contribution in [-0.2, 0) is 23.9 Å². The number of aromatic carboxylic acids is 1. The van der Waals surface area contributed by atoms with Crippen molar-refractivity contribution in [3.63, 3.8) is 0 Å². The van der Waals surface area contributed by atoms with Gasteiger partial charge in [0, 0.05) is 12.6 Å². The Bertz CT molecular complexity index is 1260. The molecule has 0 saturated carbocycles. The summed E-state index contributed by atoms with van der Waals surface area (Å²) in [5, 5.41) is 19.0. The van der Waals surface area contributed by atoms with Crippen LogP contribution in [0.4, 0.5) is 18.9 Å². The fraction of sp³-hybridized carbons (Fsp3) is 0.240. The number of benzene rings is 2. The van der Waals surface area contributed by atoms with E-state index in [4.69, 9.17) is 9.84 Å². The van der Waals surface area contributed by atoms with Crippen LogP contribution in [-0.4, -0.2) is 33.2 Å². The van der Waals surface area contributed by atoms with E-state index in [1.54, 1.807) is 18.2 Å². The van der Waals surface area contributed by atoms with E-state index in [0.717, 1.165) is 0 Å². The number of carbonyl (C=O) groups excluding carboxylic acids is 1. The van der Waals surface area contributed by atoms with E-state index in [1.165, 1.54) is 54.4 Å². The number of aliphatic hydroxyl groups excluding tert-OH is 1. The third-order valence-corrected chi connectivity index (χ3v) is 5.70. The third kappa shape index (κ3) is 4.97. The number of pyridine rings is 1. The molecule has 0 bridgehead atoms. The van der Waals surface area contributed by atoms with Gasteiger partial charge in [-0.15, -0.1) is 0 Å². The molecule has 2 N–H and O–H groups in total. The van der Waals surface area contributed by atoms with Crippen LogP contribution in [0.25, 0.3) is 0 Å². The fourth-order valence-electron chi connectivity index (χ4n) is 4.06. The number of anilines is 1. The molecule has 182 valence electrons. The predicted molar refractivity (Wildman–Crippen MR) is 119 cm³/mol. The number of hydrogen-bond acceptors (Lipinski definition) is 5. The topological polar surface area (TPSA) is 100.0 Å². The molecule has 0 saturated heterocycles. The normalized spacial score (nSPS) is 16.4. The summed E-state index contributed by atoms with van der Waals surface area (Å²) in [6.45, 7) is 0.837. The highest BCUT2D eigenvalue weighted by Crippen LogP contribution is 2.40. The minimum Gasteiger partial charge on any atom is -0.478 e. The van der Waals surface area contributed by atoms with Gasteiger partial charge in [0.15, 0.2) is 6.10 Å². The summed E-state index contributed by atoms with van der Waals surface area (Å²) in [5.74, 6) is -1.56. The number of nitrogens with zero attached hydrogens (tertiary/aromatic N) is 2. The molecule has 0 spiro atoms. The molecule has 2 heterocycles. The summed E-state index contributed by atoms with van der Waals surface area (Å²) < 4.78 is 47.7. The van der Waals surface area contributed by atoms with Crippen LogP contribution in [0.1, 0.15) is 45.6 Å². The Morgan fingerprint density at radius 2 is 1.86 bits per heavy atom. The number of halogens is 3. The maximum absolute atomic E-state index is 14.0. The lowest BCUT2D eigenvalue weighted by molar-refractivity contribution is -0.140. The number of aliphatic hydroxyl groups is 1. The second-order valence-corrected chi connectivity index (χ2v) is 8.12. The number of carbonyl (C=O) groups is 2. The van der Waals surface area contributed by atoms with Gasteiger partial charge in [-0.3, -0.25) is 9.69 Å². The van der Waals surface area contributed by atoms with Gasteiger partial charge in [0.2, 0.25) is 5.88 Å². The Kier molecular flexibility index (Phi) is 6.49. The van der Waals surface area contributed by atoms with E-state index in [1.807, 2.05) is 0 Å². The highest BCUT2D eigenvalue weighted by Gasteiger charge is 2.40. The fourth-order valence-corrected chi connectivity index (χ4v) is 4.06. The molecule has 1 aromatic heterocycles. The van der Waals surface area contributed by atoms with Gasteiger partial charge in [0.05, 0.1) is 23.8 Å². The molecule has 1 aliphatic heterocycles. The zero-order valence-corrected chi connectivity index (χ0v) is 18.5. The standard InChI is InChI=1S/C25H21F3N2O5/c1-14(31)18-5-2-4-17(21(18)25(26,27)28)13-30-19-6-3-11-29-22(19)35-20(23(30)32)12-15-7-9-16(10-8-15)24(33)34/h2-11,14,20,31H,12-13H2,1H3,(H,33,34). The second kappa shape index (κ2) is 9.38. The van der Waals surface area contributed by atoms with Crippen molar-refractivity contribution in [1.29, 1.82) is 0 Å². The quantitative estimate of drug-likeness (QED) is 0.536. The summed E-state index contributed by atoms with van der Waals surface area (Å²) in [7, 11) is 0. The van der Waals surface area contributed by atoms with E-state index in [0.29, 0.717) is 5.56 Å². The largest absolute Gasteiger partial charge is 0.478 e. The first-order valence-electron chi connectivity index (χ1n) is 10.7. The van der Waals surface area contributed by atoms with Crippen molar-refractivity contribution in [2.45, 2.75) is 38.3 Å². The number of hydrogen-bond donors (Lipinski definition) is 2. The van der Waals surface area contributed by atoms with Crippen LogP contribution in [0.5, 0.6) is 5.88 Å². The van der Waals surface area contributed by atoms with Gasteiger partial charge < -0.3 is 14.9 Å². The lowest BCUT2D eigenvalue weighted by Crippen LogP contribution is -2.47. The Balaban J connectivity index is 1.70. The number of carboxylic acids is 1. The molecule has 0 fully saturated rings. The Labute approximate surface area is 198 Å². The molecule has 4 rings (SSSR count). The smallest absolute Gasteiger partial charge is 0.417 e. The van der Waals surface area contributed by atoms with Crippen LogP contribution in [0.15, 0.2) is 60.8 Å². The van der Waals surface area contributed by atoms with Crippen LogP contribution in [0, 0.1) is 0 Å². The lowest BCUT2D eigenvalue weighted by Gasteiger charge is -2.34. The van der Waals surface area contributed by atoms with Crippen molar-refractivity contribution < 1.29 is 37.7 Å². The van der Waals surface area contributed by atoms with Crippen molar-refractivity contribution in [2.24, 2.45) is 0 Å². The van der Waals surface area contributed by atoms with Gasteiger partial charge in [0.1, 0.15) is 5.69 Å². The van der Waals surface area contributed by atoms with E-state index < -0.39 is 42.4 Å². The van der Waals surface area contributed by atoms with Gasteiger partial charge >= 0.3 is 12.1 Å². The van der Waals surface area contributed by atoms with Crippen molar-refractivity contribution in [3.8, 4) is 5.88 Å². The zero-order chi connectivity index (χ0) is 25.3. The summed E-state index contributed by atoms with van der Waals surface area (Å²) >= 11 is 0. The zero-order valence-electron chi connectivity index (χ0n) is 18.5. The molecular weight excluding hydrogens is 465 g/mol. The maximum atomic E-state index is 14.0. The molecule has 2 unspecified atom stereocenters. The van der Waals surface area contributed by atoms with Gasteiger partial charge in [-0.2, -0.15) is 13.2 Å². The minimum absolute atomic E-state index is 0.0606. The minimum atomic E-state index is -4.75. The van der Waals surface area contributed by atoms with Crippen LogP contribution < -0.4 is 9.64 Å². The molecule has 0 radical (unpaired) electrons. The van der Waals surface area contributed by atoms with E-state index in [2.05, 4.69) is 4.98 Å². The number of amides is 1. The van der Waals surface area contributed by atoms with Crippen LogP contribution in [0.2, 0.25) is 0 Å². The van der Waals surface area contributed by atoms with Crippen molar-refractivity contribution in [2.75, 3.05) is 4.90 Å². The monoisotopic (exact) mass is 486 g/mol. The first-order valence-corrected chi connectivity index (χ1v) is 10.7. The van der Waals surface area contributed by atoms with Crippen LogP contribution in [0.3, 0.4) is 0 Å². The summed E-state index contributed by atoms with van der Waals surface area (Å²) in [6, 6.07) is 12.8. The lowest BCUT2D eigenvalue weighted by atomic mass is 9.96. The molecule has 2 aromatic carbocycles. The Morgan fingerprint density at radius 1 is 1.14 bits per heavy atom. The van der Waals surface area contributed by atoms with Crippen molar-refractivity contribution in [3.05, 3.63) is 88.6 Å². The highest BCUT2D eigenvalue weighted by atomic mass is 19.4. The number of aromatic nitrogens is 1. The second-order valence-electron chi connectivity index (χ2n) is 8.12. The molecule has 1 amide bonds. The molecule has 10 heteroatoms. The molecule has 0 aliphatic carbocycles. The first kappa shape index (κ1) is 24.2. The Hall–Kier alpha value is -3.92. The van der Waals surface area contributed by atoms with Gasteiger partial charge in [-0.25, -0.2) is 9.78 Å². The first-order chi connectivity index (χ1) is 16.6. The van der Waals surface area contributed by atoms with Crippen molar-refractivity contribution >= 4 is 17.6 Å². The van der Waals surface area contributed by atoms with Gasteiger partial charge in [0.25, 0.3) is 5.91 Å². The number of fused-ring (bicyclic) bond motifs is 1. The SMILES string of the molecule is CC(O)c1cccc(CN2C(=O)C(Cc3ccc(C(=O)O)cc3)Oc3ncccc32)c1C(F)(F)F. The molecule has 35 heavy (non-hydrogen) atoms. The van der Waals surface area contributed by atoms with Crippen molar-refractivity contribution in [1.82, 2.24) is 4.98 Å². The average Bonchev–Trinajstić information content (AvgIpc) is 2.81. The van der Waals surface area contributed by atoms with E-state index in [-0.39, 0.29) is 34.7 Å². The molecule has 2 atom stereocenters. The molecular formula is C25H21F3N2O5. The molecule has 7 nitrogen and oxygen atoms in total.